The van der Waals surface area contributed by atoms with E-state index in [1.54, 1.807) is 0 Å². The molecule has 4 heteroatoms. The van der Waals surface area contributed by atoms with Crippen molar-refractivity contribution in [3.05, 3.63) is 33.8 Å². The molecule has 0 aliphatic carbocycles. The number of amides is 1. The van der Waals surface area contributed by atoms with Gasteiger partial charge in [-0.15, -0.1) is 0 Å². The summed E-state index contributed by atoms with van der Waals surface area (Å²) in [5.74, 6) is 1.60. The van der Waals surface area contributed by atoms with Crippen LogP contribution in [0.25, 0.3) is 0 Å². The van der Waals surface area contributed by atoms with E-state index in [0.717, 1.165) is 54.1 Å². The molecule has 2 saturated heterocycles. The number of benzene rings is 1. The summed E-state index contributed by atoms with van der Waals surface area (Å²) in [4.78, 5) is 14.7. The number of hydrogen-bond acceptors (Lipinski definition) is 2. The van der Waals surface area contributed by atoms with Crippen LogP contribution in [0.1, 0.15) is 22.3 Å². The highest BCUT2D eigenvalue weighted by atomic mass is 79.9. The molecule has 1 N–H and O–H groups in total. The first-order valence-corrected chi connectivity index (χ1v) is 7.71. The monoisotopic (exact) mass is 322 g/mol. The van der Waals surface area contributed by atoms with Crippen molar-refractivity contribution in [1.29, 1.82) is 0 Å². The summed E-state index contributed by atoms with van der Waals surface area (Å²) in [7, 11) is 0. The minimum absolute atomic E-state index is 0.184. The van der Waals surface area contributed by atoms with Crippen LogP contribution in [0.5, 0.6) is 0 Å². The molecule has 2 atom stereocenters. The van der Waals surface area contributed by atoms with Crippen LogP contribution < -0.4 is 5.32 Å². The third-order valence-electron chi connectivity index (χ3n) is 4.49. The fourth-order valence-corrected chi connectivity index (χ4v) is 3.60. The van der Waals surface area contributed by atoms with Crippen LogP contribution in [-0.4, -0.2) is 37.0 Å². The minimum Gasteiger partial charge on any atom is -0.338 e. The van der Waals surface area contributed by atoms with Crippen LogP contribution in [0, 0.1) is 18.8 Å². The van der Waals surface area contributed by atoms with Crippen LogP contribution in [-0.2, 0) is 0 Å². The van der Waals surface area contributed by atoms with Gasteiger partial charge in [0.2, 0.25) is 0 Å². The Morgan fingerprint density at radius 3 is 3.00 bits per heavy atom. The maximum Gasteiger partial charge on any atom is 0.254 e. The number of carbonyl (C=O) groups is 1. The Kier molecular flexibility index (Phi) is 3.63. The molecule has 19 heavy (non-hydrogen) atoms. The van der Waals surface area contributed by atoms with Crippen molar-refractivity contribution in [2.45, 2.75) is 13.3 Å². The number of likely N-dealkylation sites (tertiary alicyclic amines) is 1. The van der Waals surface area contributed by atoms with Gasteiger partial charge in [0.1, 0.15) is 0 Å². The number of fused-ring (bicyclic) bond motifs is 1. The molecule has 0 saturated carbocycles. The summed E-state index contributed by atoms with van der Waals surface area (Å²) in [6.07, 6.45) is 1.14. The standard InChI is InChI=1S/C15H19BrN2O/c1-10-13(3-2-4-14(10)16)15(19)18-6-5-11-7-17-8-12(11)9-18/h2-4,11-12,17H,5-9H2,1H3. The highest BCUT2D eigenvalue weighted by Gasteiger charge is 2.34. The second-order valence-electron chi connectivity index (χ2n) is 5.63. The number of nitrogens with zero attached hydrogens (tertiary/aromatic N) is 1. The van der Waals surface area contributed by atoms with E-state index in [9.17, 15) is 4.79 Å². The van der Waals surface area contributed by atoms with Gasteiger partial charge in [-0.2, -0.15) is 0 Å². The van der Waals surface area contributed by atoms with Crippen molar-refractivity contribution in [2.24, 2.45) is 11.8 Å². The van der Waals surface area contributed by atoms with Crippen molar-refractivity contribution >= 4 is 21.8 Å². The Balaban J connectivity index is 1.79. The molecule has 0 bridgehead atoms. The average molecular weight is 323 g/mol. The average Bonchev–Trinajstić information content (AvgIpc) is 2.88. The van der Waals surface area contributed by atoms with Crippen molar-refractivity contribution < 1.29 is 4.79 Å². The number of piperidine rings is 1. The summed E-state index contributed by atoms with van der Waals surface area (Å²) in [5, 5.41) is 3.44. The lowest BCUT2D eigenvalue weighted by molar-refractivity contribution is 0.0641. The second-order valence-corrected chi connectivity index (χ2v) is 6.48. The smallest absolute Gasteiger partial charge is 0.254 e. The van der Waals surface area contributed by atoms with E-state index in [1.165, 1.54) is 0 Å². The Labute approximate surface area is 122 Å². The Morgan fingerprint density at radius 1 is 1.37 bits per heavy atom. The Hall–Kier alpha value is -0.870. The Bertz CT molecular complexity index is 503. The number of halogens is 1. The van der Waals surface area contributed by atoms with Gasteiger partial charge in [0.05, 0.1) is 0 Å². The van der Waals surface area contributed by atoms with Gasteiger partial charge in [0.25, 0.3) is 5.91 Å². The van der Waals surface area contributed by atoms with E-state index in [2.05, 4.69) is 21.2 Å². The quantitative estimate of drug-likeness (QED) is 0.861. The van der Waals surface area contributed by atoms with Gasteiger partial charge in [0.15, 0.2) is 0 Å². The zero-order valence-corrected chi connectivity index (χ0v) is 12.7. The summed E-state index contributed by atoms with van der Waals surface area (Å²) >= 11 is 3.50. The van der Waals surface area contributed by atoms with Crippen LogP contribution in [0.3, 0.4) is 0 Å². The zero-order valence-electron chi connectivity index (χ0n) is 11.2. The maximum absolute atomic E-state index is 12.6. The molecular weight excluding hydrogens is 304 g/mol. The van der Waals surface area contributed by atoms with E-state index in [1.807, 2.05) is 30.0 Å². The zero-order chi connectivity index (χ0) is 13.4. The molecule has 102 valence electrons. The number of nitrogens with one attached hydrogen (secondary N) is 1. The van der Waals surface area contributed by atoms with Gasteiger partial charge < -0.3 is 10.2 Å². The molecule has 3 nitrogen and oxygen atoms in total. The maximum atomic E-state index is 12.6. The molecule has 0 radical (unpaired) electrons. The van der Waals surface area contributed by atoms with Crippen LogP contribution >= 0.6 is 15.9 Å². The molecule has 2 aliphatic rings. The number of hydrogen-bond donors (Lipinski definition) is 1. The molecule has 2 fully saturated rings. The summed E-state index contributed by atoms with van der Waals surface area (Å²) in [6.45, 7) is 5.99. The lowest BCUT2D eigenvalue weighted by atomic mass is 9.88. The molecular formula is C15H19BrN2O. The molecule has 2 aliphatic heterocycles. The van der Waals surface area contributed by atoms with E-state index in [0.29, 0.717) is 5.92 Å². The lowest BCUT2D eigenvalue weighted by Crippen LogP contribution is -2.43. The molecule has 0 aromatic heterocycles. The van der Waals surface area contributed by atoms with Crippen LogP contribution in [0.4, 0.5) is 0 Å². The van der Waals surface area contributed by atoms with Gasteiger partial charge in [-0.25, -0.2) is 0 Å². The van der Waals surface area contributed by atoms with Crippen molar-refractivity contribution in [3.63, 3.8) is 0 Å². The van der Waals surface area contributed by atoms with E-state index in [-0.39, 0.29) is 5.91 Å². The van der Waals surface area contributed by atoms with Crippen LogP contribution in [0.15, 0.2) is 22.7 Å². The molecule has 1 aromatic rings. The fourth-order valence-electron chi connectivity index (χ4n) is 3.23. The van der Waals surface area contributed by atoms with Crippen molar-refractivity contribution in [1.82, 2.24) is 10.2 Å². The third-order valence-corrected chi connectivity index (χ3v) is 5.35. The largest absolute Gasteiger partial charge is 0.338 e. The summed E-state index contributed by atoms with van der Waals surface area (Å²) < 4.78 is 1.01. The third kappa shape index (κ3) is 2.43. The van der Waals surface area contributed by atoms with Crippen molar-refractivity contribution in [2.75, 3.05) is 26.2 Å². The predicted octanol–water partition coefficient (Wildman–Crippen LogP) is 2.44. The number of rotatable bonds is 1. The van der Waals surface area contributed by atoms with Gasteiger partial charge in [0, 0.05) is 23.1 Å². The second kappa shape index (κ2) is 5.25. The minimum atomic E-state index is 0.184. The van der Waals surface area contributed by atoms with E-state index < -0.39 is 0 Å². The van der Waals surface area contributed by atoms with Crippen LogP contribution in [0.2, 0.25) is 0 Å². The van der Waals surface area contributed by atoms with Gasteiger partial charge >= 0.3 is 0 Å². The first-order valence-electron chi connectivity index (χ1n) is 6.92. The molecule has 0 spiro atoms. The number of carbonyl (C=O) groups excluding carboxylic acids is 1. The molecule has 1 aromatic carbocycles. The van der Waals surface area contributed by atoms with Gasteiger partial charge in [-0.1, -0.05) is 22.0 Å². The first-order chi connectivity index (χ1) is 9.16. The van der Waals surface area contributed by atoms with Crippen molar-refractivity contribution in [3.8, 4) is 0 Å². The molecule has 3 rings (SSSR count). The first kappa shape index (κ1) is 13.1. The lowest BCUT2D eigenvalue weighted by Gasteiger charge is -2.34. The molecule has 2 heterocycles. The summed E-state index contributed by atoms with van der Waals surface area (Å²) in [6, 6.07) is 5.86. The van der Waals surface area contributed by atoms with Gasteiger partial charge in [-0.3, -0.25) is 4.79 Å². The van der Waals surface area contributed by atoms with E-state index in [4.69, 9.17) is 0 Å². The molecule has 2 unspecified atom stereocenters. The molecule has 1 amide bonds. The fraction of sp³-hybridized carbons (Fsp3) is 0.533. The SMILES string of the molecule is Cc1c(Br)cccc1C(=O)N1CCC2CNCC2C1. The van der Waals surface area contributed by atoms with E-state index >= 15 is 0 Å². The predicted molar refractivity (Wildman–Crippen MR) is 79.2 cm³/mol. The Morgan fingerprint density at radius 2 is 2.16 bits per heavy atom. The highest BCUT2D eigenvalue weighted by Crippen LogP contribution is 2.28. The normalized spacial score (nSPS) is 26.3. The topological polar surface area (TPSA) is 32.3 Å². The summed E-state index contributed by atoms with van der Waals surface area (Å²) in [5.41, 5.74) is 1.87. The van der Waals surface area contributed by atoms with Gasteiger partial charge in [-0.05, 0) is 56.0 Å². The highest BCUT2D eigenvalue weighted by molar-refractivity contribution is 9.10.